The Morgan fingerprint density at radius 3 is 2.10 bits per heavy atom. The van der Waals surface area contributed by atoms with Crippen LogP contribution in [0.25, 0.3) is 0 Å². The van der Waals surface area contributed by atoms with Crippen LogP contribution in [0.3, 0.4) is 0 Å². The normalized spacial score (nSPS) is 11.0. The Hall–Kier alpha value is -1.07. The van der Waals surface area contributed by atoms with Gasteiger partial charge in [-0.15, -0.1) is 0 Å². The molecule has 0 aliphatic heterocycles. The Morgan fingerprint density at radius 2 is 1.65 bits per heavy atom. The molecule has 0 aromatic heterocycles. The van der Waals surface area contributed by atoms with Crippen LogP contribution in [0.4, 0.5) is 0 Å². The van der Waals surface area contributed by atoms with E-state index in [9.17, 15) is 9.59 Å². The lowest BCUT2D eigenvalue weighted by Gasteiger charge is -2.23. The molecule has 0 spiro atoms. The van der Waals surface area contributed by atoms with E-state index < -0.39 is 16.3 Å². The van der Waals surface area contributed by atoms with Crippen LogP contribution in [0.15, 0.2) is 24.3 Å². The van der Waals surface area contributed by atoms with Gasteiger partial charge in [0.1, 0.15) is 0 Å². The van der Waals surface area contributed by atoms with E-state index in [4.69, 9.17) is 21.1 Å². The maximum Gasteiger partial charge on any atom is 0.334 e. The Labute approximate surface area is 131 Å². The van der Waals surface area contributed by atoms with Gasteiger partial charge < -0.3 is 9.47 Å². The third-order valence-corrected chi connectivity index (χ3v) is 3.89. The number of carbonyl (C=O) groups excluding carboxylic acids is 2. The summed E-state index contributed by atoms with van der Waals surface area (Å²) in [7, 11) is 0. The number of rotatable bonds is 6. The summed E-state index contributed by atoms with van der Waals surface area (Å²) in [6.45, 7) is 3.69. The van der Waals surface area contributed by atoms with Crippen molar-refractivity contribution in [2.45, 2.75) is 24.6 Å². The second-order valence-electron chi connectivity index (χ2n) is 4.01. The third kappa shape index (κ3) is 3.96. The second kappa shape index (κ2) is 7.64. The highest BCUT2D eigenvalue weighted by Crippen LogP contribution is 2.30. The minimum atomic E-state index is -1.58. The summed E-state index contributed by atoms with van der Waals surface area (Å²) in [5.74, 6) is -1.36. The summed E-state index contributed by atoms with van der Waals surface area (Å²) < 4.78 is 8.33. The molecule has 0 N–H and O–H groups in total. The Bertz CT molecular complexity index is 472. The zero-order valence-corrected chi connectivity index (χ0v) is 13.7. The average Bonchev–Trinajstić information content (AvgIpc) is 2.41. The molecular weight excluding hydrogens is 348 g/mol. The second-order valence-corrected chi connectivity index (χ2v) is 5.77. The highest BCUT2D eigenvalue weighted by Gasteiger charge is 2.47. The lowest BCUT2D eigenvalue weighted by atomic mass is 9.99. The van der Waals surface area contributed by atoms with E-state index in [0.29, 0.717) is 10.6 Å². The van der Waals surface area contributed by atoms with Crippen LogP contribution in [0.1, 0.15) is 19.4 Å². The van der Waals surface area contributed by atoms with Crippen LogP contribution >= 0.6 is 27.5 Å². The fourth-order valence-electron chi connectivity index (χ4n) is 1.62. The van der Waals surface area contributed by atoms with Gasteiger partial charge >= 0.3 is 11.9 Å². The number of halogens is 2. The van der Waals surface area contributed by atoms with E-state index in [-0.39, 0.29) is 19.6 Å². The van der Waals surface area contributed by atoms with E-state index in [2.05, 4.69) is 15.9 Å². The molecule has 20 heavy (non-hydrogen) atoms. The predicted octanol–water partition coefficient (Wildman–Crippen LogP) is 3.14. The first-order valence-corrected chi connectivity index (χ1v) is 7.39. The first-order valence-electron chi connectivity index (χ1n) is 6.22. The monoisotopic (exact) mass is 362 g/mol. The molecule has 4 nitrogen and oxygen atoms in total. The van der Waals surface area contributed by atoms with E-state index in [1.807, 2.05) is 0 Å². The Balaban J connectivity index is 3.08. The largest absolute Gasteiger partial charge is 0.464 e. The number of ether oxygens (including phenoxy) is 2. The molecule has 0 radical (unpaired) electrons. The van der Waals surface area contributed by atoms with E-state index in [1.54, 1.807) is 38.1 Å². The molecule has 110 valence electrons. The molecule has 1 aromatic carbocycles. The highest BCUT2D eigenvalue weighted by molar-refractivity contribution is 9.10. The summed E-state index contributed by atoms with van der Waals surface area (Å²) >= 11 is 9.25. The van der Waals surface area contributed by atoms with Gasteiger partial charge in [-0.1, -0.05) is 45.7 Å². The van der Waals surface area contributed by atoms with Crippen LogP contribution in [0, 0.1) is 0 Å². The summed E-state index contributed by atoms with van der Waals surface area (Å²) in [4.78, 5) is 24.2. The maximum atomic E-state index is 12.1. The van der Waals surface area contributed by atoms with Crippen LogP contribution in [-0.2, 0) is 25.5 Å². The topological polar surface area (TPSA) is 52.6 Å². The third-order valence-electron chi connectivity index (χ3n) is 2.59. The van der Waals surface area contributed by atoms with Gasteiger partial charge in [0.05, 0.1) is 13.2 Å². The van der Waals surface area contributed by atoms with Crippen LogP contribution < -0.4 is 0 Å². The molecule has 0 fully saturated rings. The van der Waals surface area contributed by atoms with Gasteiger partial charge in [0.15, 0.2) is 0 Å². The van der Waals surface area contributed by atoms with Gasteiger partial charge in [-0.25, -0.2) is 9.59 Å². The van der Waals surface area contributed by atoms with Gasteiger partial charge in [0, 0.05) is 11.4 Å². The molecule has 0 atom stereocenters. The smallest absolute Gasteiger partial charge is 0.334 e. The van der Waals surface area contributed by atoms with Crippen LogP contribution in [0.2, 0.25) is 5.02 Å². The molecule has 0 amide bonds. The molecule has 1 aromatic rings. The van der Waals surface area contributed by atoms with Gasteiger partial charge in [0.25, 0.3) is 0 Å². The van der Waals surface area contributed by atoms with Gasteiger partial charge in [-0.2, -0.15) is 0 Å². The van der Waals surface area contributed by atoms with Crippen molar-refractivity contribution in [3.8, 4) is 0 Å². The van der Waals surface area contributed by atoms with E-state index >= 15 is 0 Å². The molecule has 0 saturated carbocycles. The van der Waals surface area contributed by atoms with Crippen molar-refractivity contribution in [1.29, 1.82) is 0 Å². The van der Waals surface area contributed by atoms with E-state index in [0.717, 1.165) is 0 Å². The molecule has 6 heteroatoms. The first-order chi connectivity index (χ1) is 9.45. The molecule has 0 bridgehead atoms. The Morgan fingerprint density at radius 1 is 1.15 bits per heavy atom. The highest BCUT2D eigenvalue weighted by atomic mass is 79.9. The van der Waals surface area contributed by atoms with Crippen LogP contribution in [0.5, 0.6) is 0 Å². The first kappa shape index (κ1) is 17.0. The van der Waals surface area contributed by atoms with Gasteiger partial charge in [-0.3, -0.25) is 0 Å². The van der Waals surface area contributed by atoms with Crippen LogP contribution in [-0.4, -0.2) is 29.5 Å². The van der Waals surface area contributed by atoms with Gasteiger partial charge in [-0.05, 0) is 25.5 Å². The lowest BCUT2D eigenvalue weighted by Crippen LogP contribution is -2.45. The molecule has 0 aliphatic carbocycles. The molecule has 0 saturated heterocycles. The summed E-state index contributed by atoms with van der Waals surface area (Å²) in [5.41, 5.74) is 0.659. The zero-order chi connectivity index (χ0) is 15.2. The van der Waals surface area contributed by atoms with Crippen molar-refractivity contribution >= 4 is 39.5 Å². The predicted molar refractivity (Wildman–Crippen MR) is 80.1 cm³/mol. The van der Waals surface area contributed by atoms with Crippen molar-refractivity contribution in [2.75, 3.05) is 13.2 Å². The fourth-order valence-corrected chi connectivity index (χ4v) is 2.36. The van der Waals surface area contributed by atoms with Gasteiger partial charge in [0.2, 0.25) is 4.32 Å². The van der Waals surface area contributed by atoms with Crippen molar-refractivity contribution in [2.24, 2.45) is 0 Å². The van der Waals surface area contributed by atoms with Crippen molar-refractivity contribution in [1.82, 2.24) is 0 Å². The number of hydrogen-bond donors (Lipinski definition) is 0. The SMILES string of the molecule is CCOC(=O)C(Br)(Cc1ccccc1Cl)C(=O)OCC. The molecule has 0 aliphatic rings. The lowest BCUT2D eigenvalue weighted by molar-refractivity contribution is -0.158. The minimum Gasteiger partial charge on any atom is -0.464 e. The van der Waals surface area contributed by atoms with Crippen molar-refractivity contribution < 1.29 is 19.1 Å². The molecule has 0 heterocycles. The standard InChI is InChI=1S/C14H16BrClO4/c1-3-19-12(17)14(15,13(18)20-4-2)9-10-7-5-6-8-11(10)16/h5-8H,3-4,9H2,1-2H3. The maximum absolute atomic E-state index is 12.1. The quantitative estimate of drug-likeness (QED) is 0.443. The number of carbonyl (C=O) groups is 2. The molecule has 1 rings (SSSR count). The number of esters is 2. The van der Waals surface area contributed by atoms with E-state index in [1.165, 1.54) is 0 Å². The number of hydrogen-bond acceptors (Lipinski definition) is 4. The fraction of sp³-hybridized carbons (Fsp3) is 0.429. The number of alkyl halides is 1. The Kier molecular flexibility index (Phi) is 6.49. The summed E-state index contributed by atoms with van der Waals surface area (Å²) in [5, 5.41) is 0.477. The number of benzene rings is 1. The van der Waals surface area contributed by atoms with Crippen molar-refractivity contribution in [3.63, 3.8) is 0 Å². The molecular formula is C14H16BrClO4. The average molecular weight is 364 g/mol. The minimum absolute atomic E-state index is 0.0599. The molecule has 0 unspecified atom stereocenters. The van der Waals surface area contributed by atoms with Crippen molar-refractivity contribution in [3.05, 3.63) is 34.9 Å². The summed E-state index contributed by atoms with van der Waals surface area (Å²) in [6, 6.07) is 7.00. The zero-order valence-electron chi connectivity index (χ0n) is 11.3. The summed E-state index contributed by atoms with van der Waals surface area (Å²) in [6.07, 6.45) is 0.0599.